The molecular weight excluding hydrogens is 495 g/mol. The first kappa shape index (κ1) is 26.0. The molecule has 0 amide bonds. The van der Waals surface area contributed by atoms with E-state index < -0.39 is 24.3 Å². The van der Waals surface area contributed by atoms with Crippen molar-refractivity contribution < 1.29 is 28.2 Å². The molecule has 190 valence electrons. The zero-order chi connectivity index (χ0) is 26.1. The molecule has 3 aromatic rings. The third-order valence-corrected chi connectivity index (χ3v) is 7.05. The fraction of sp³-hybridized carbons (Fsp3) is 0.385. The van der Waals surface area contributed by atoms with Crippen LogP contribution in [0, 0.1) is 12.5 Å². The van der Waals surface area contributed by atoms with Crippen LogP contribution in [0.5, 0.6) is 0 Å². The molecule has 0 radical (unpaired) electrons. The van der Waals surface area contributed by atoms with E-state index in [1.807, 2.05) is 0 Å². The molecule has 1 saturated heterocycles. The molecular formula is C26H25ClF3N3O3. The Labute approximate surface area is 211 Å². The van der Waals surface area contributed by atoms with Crippen molar-refractivity contribution >= 4 is 34.2 Å². The Morgan fingerprint density at radius 1 is 1.14 bits per heavy atom. The Bertz CT molecular complexity index is 1290. The molecule has 1 atom stereocenters. The number of likely N-dealkylation sites (tertiary alicyclic amines) is 1. The fourth-order valence-corrected chi connectivity index (χ4v) is 4.97. The first-order chi connectivity index (χ1) is 17.0. The van der Waals surface area contributed by atoms with Gasteiger partial charge in [-0.3, -0.25) is 9.69 Å². The van der Waals surface area contributed by atoms with E-state index in [0.29, 0.717) is 23.4 Å². The number of β-amino-alcohol motifs (C(OH)–C–C–N with tert-alkyl or cyclic N) is 1. The molecule has 1 fully saturated rings. The molecule has 2 N–H and O–H groups in total. The molecule has 2 aromatic carbocycles. The zero-order valence-electron chi connectivity index (χ0n) is 19.3. The molecule has 2 heterocycles. The van der Waals surface area contributed by atoms with Gasteiger partial charge in [0.15, 0.2) is 5.69 Å². The third kappa shape index (κ3) is 5.36. The molecule has 0 bridgehead atoms. The smallest absolute Gasteiger partial charge is 0.422 e. The Kier molecular flexibility index (Phi) is 7.32. The summed E-state index contributed by atoms with van der Waals surface area (Å²) >= 11 is 5.96. The van der Waals surface area contributed by atoms with Crippen molar-refractivity contribution in [1.82, 2.24) is 9.47 Å². The van der Waals surface area contributed by atoms with Crippen molar-refractivity contribution in [3.63, 3.8) is 0 Å². The number of piperidine rings is 1. The molecule has 1 unspecified atom stereocenters. The van der Waals surface area contributed by atoms with Gasteiger partial charge in [0.25, 0.3) is 0 Å². The van der Waals surface area contributed by atoms with Crippen LogP contribution in [0.2, 0.25) is 5.02 Å². The SMILES string of the molecule is [C-]#[N+]c1ccc2c(C(O)(CN3CCC(CC(=O)O)CC3)C(F)(F)F)cn(Cc3ccc(Cl)cc3)c2c1. The summed E-state index contributed by atoms with van der Waals surface area (Å²) < 4.78 is 45.2. The van der Waals surface area contributed by atoms with Crippen LogP contribution in [-0.4, -0.2) is 51.5 Å². The quantitative estimate of drug-likeness (QED) is 0.385. The first-order valence-electron chi connectivity index (χ1n) is 11.5. The van der Waals surface area contributed by atoms with Crippen molar-refractivity contribution in [2.75, 3.05) is 19.6 Å². The van der Waals surface area contributed by atoms with Gasteiger partial charge in [0.2, 0.25) is 5.60 Å². The van der Waals surface area contributed by atoms with Gasteiger partial charge in [0.1, 0.15) is 0 Å². The van der Waals surface area contributed by atoms with Gasteiger partial charge in [-0.15, -0.1) is 0 Å². The summed E-state index contributed by atoms with van der Waals surface area (Å²) in [5.74, 6) is -1.02. The van der Waals surface area contributed by atoms with E-state index >= 15 is 0 Å². The molecule has 1 aromatic heterocycles. The maximum absolute atomic E-state index is 14.5. The predicted octanol–water partition coefficient (Wildman–Crippen LogP) is 5.83. The number of rotatable bonds is 7. The molecule has 4 rings (SSSR count). The van der Waals surface area contributed by atoms with Crippen molar-refractivity contribution in [1.29, 1.82) is 0 Å². The predicted molar refractivity (Wildman–Crippen MR) is 130 cm³/mol. The second-order valence-corrected chi connectivity index (χ2v) is 9.72. The number of aromatic nitrogens is 1. The maximum Gasteiger partial charge on any atom is 0.422 e. The molecule has 6 nitrogen and oxygen atoms in total. The van der Waals surface area contributed by atoms with Crippen LogP contribution < -0.4 is 0 Å². The number of aliphatic hydroxyl groups is 1. The molecule has 36 heavy (non-hydrogen) atoms. The highest BCUT2D eigenvalue weighted by molar-refractivity contribution is 6.30. The van der Waals surface area contributed by atoms with Gasteiger partial charge in [0, 0.05) is 47.2 Å². The van der Waals surface area contributed by atoms with Gasteiger partial charge in [-0.1, -0.05) is 35.9 Å². The lowest BCUT2D eigenvalue weighted by Crippen LogP contribution is -2.52. The lowest BCUT2D eigenvalue weighted by Gasteiger charge is -2.38. The number of carbonyl (C=O) groups is 1. The highest BCUT2D eigenvalue weighted by atomic mass is 35.5. The summed E-state index contributed by atoms with van der Waals surface area (Å²) in [6.07, 6.45) is -2.76. The number of halogens is 4. The number of carboxylic acid groups (broad SMARTS) is 1. The van der Waals surface area contributed by atoms with Gasteiger partial charge in [-0.05, 0) is 55.6 Å². The monoisotopic (exact) mass is 519 g/mol. The van der Waals surface area contributed by atoms with Crippen molar-refractivity contribution in [2.45, 2.75) is 37.6 Å². The highest BCUT2D eigenvalue weighted by Gasteiger charge is 2.57. The van der Waals surface area contributed by atoms with E-state index in [1.165, 1.54) is 24.4 Å². The molecule has 0 spiro atoms. The van der Waals surface area contributed by atoms with E-state index in [2.05, 4.69) is 4.85 Å². The summed E-state index contributed by atoms with van der Waals surface area (Å²) in [6, 6.07) is 11.3. The minimum Gasteiger partial charge on any atom is -0.481 e. The van der Waals surface area contributed by atoms with E-state index in [0.717, 1.165) is 5.56 Å². The highest BCUT2D eigenvalue weighted by Crippen LogP contribution is 2.44. The van der Waals surface area contributed by atoms with E-state index in [1.54, 1.807) is 33.7 Å². The number of carboxylic acids is 1. The molecule has 0 saturated carbocycles. The van der Waals surface area contributed by atoms with E-state index in [-0.39, 0.29) is 48.6 Å². The van der Waals surface area contributed by atoms with Crippen LogP contribution in [0.25, 0.3) is 15.7 Å². The summed E-state index contributed by atoms with van der Waals surface area (Å²) in [7, 11) is 0. The maximum atomic E-state index is 14.5. The zero-order valence-corrected chi connectivity index (χ0v) is 20.1. The number of fused-ring (bicyclic) bond motifs is 1. The van der Waals surface area contributed by atoms with Gasteiger partial charge >= 0.3 is 12.1 Å². The average Bonchev–Trinajstić information content (AvgIpc) is 3.18. The van der Waals surface area contributed by atoms with Crippen LogP contribution in [0.15, 0.2) is 48.7 Å². The third-order valence-electron chi connectivity index (χ3n) is 6.80. The summed E-state index contributed by atoms with van der Waals surface area (Å²) in [6.45, 7) is 7.41. The summed E-state index contributed by atoms with van der Waals surface area (Å²) in [5.41, 5.74) is -1.94. The number of alkyl halides is 3. The molecule has 1 aliphatic heterocycles. The van der Waals surface area contributed by atoms with Crippen LogP contribution in [0.4, 0.5) is 18.9 Å². The average molecular weight is 520 g/mol. The summed E-state index contributed by atoms with van der Waals surface area (Å²) in [5, 5.41) is 21.0. The number of hydrogen-bond donors (Lipinski definition) is 2. The molecule has 10 heteroatoms. The Hall–Kier alpha value is -3.06. The number of benzene rings is 2. The standard InChI is InChI=1S/C26H25ClF3N3O3/c1-31-20-6-7-21-22(15-33(23(21)13-20)14-18-2-4-19(27)5-3-18)25(36,26(28,29)30)16-32-10-8-17(9-11-32)12-24(34)35/h2-7,13,15,17,36H,8-12,14,16H2,(H,34,35). The lowest BCUT2D eigenvalue weighted by atomic mass is 9.89. The van der Waals surface area contributed by atoms with Crippen LogP contribution in [0.3, 0.4) is 0 Å². The number of nitrogens with zero attached hydrogens (tertiary/aromatic N) is 3. The lowest BCUT2D eigenvalue weighted by molar-refractivity contribution is -0.271. The minimum absolute atomic E-state index is 0.0149. The second-order valence-electron chi connectivity index (χ2n) is 9.29. The first-order valence-corrected chi connectivity index (χ1v) is 11.9. The van der Waals surface area contributed by atoms with Crippen LogP contribution >= 0.6 is 11.6 Å². The Morgan fingerprint density at radius 3 is 2.39 bits per heavy atom. The van der Waals surface area contributed by atoms with Gasteiger partial charge < -0.3 is 14.8 Å². The second kappa shape index (κ2) is 10.1. The van der Waals surface area contributed by atoms with Gasteiger partial charge in [-0.25, -0.2) is 4.85 Å². The fourth-order valence-electron chi connectivity index (χ4n) is 4.84. The number of aliphatic carboxylic acids is 1. The van der Waals surface area contributed by atoms with Gasteiger partial charge in [-0.2, -0.15) is 13.2 Å². The van der Waals surface area contributed by atoms with Crippen molar-refractivity contribution in [3.05, 3.63) is 76.2 Å². The van der Waals surface area contributed by atoms with Crippen LogP contribution in [-0.2, 0) is 16.9 Å². The van der Waals surface area contributed by atoms with E-state index in [4.69, 9.17) is 23.3 Å². The molecule has 0 aliphatic carbocycles. The minimum atomic E-state index is -4.97. The topological polar surface area (TPSA) is 70.1 Å². The number of hydrogen-bond acceptors (Lipinski definition) is 3. The normalized spacial score (nSPS) is 17.1. The van der Waals surface area contributed by atoms with Crippen molar-refractivity contribution in [2.24, 2.45) is 5.92 Å². The Morgan fingerprint density at radius 2 is 1.81 bits per heavy atom. The van der Waals surface area contributed by atoms with Gasteiger partial charge in [0.05, 0.1) is 6.57 Å². The molecule has 1 aliphatic rings. The summed E-state index contributed by atoms with van der Waals surface area (Å²) in [4.78, 5) is 15.9. The largest absolute Gasteiger partial charge is 0.481 e. The van der Waals surface area contributed by atoms with Crippen LogP contribution in [0.1, 0.15) is 30.4 Å². The Balaban J connectivity index is 1.72. The van der Waals surface area contributed by atoms with E-state index in [9.17, 15) is 23.1 Å². The van der Waals surface area contributed by atoms with Crippen molar-refractivity contribution in [3.8, 4) is 0 Å².